The topological polar surface area (TPSA) is 29.9 Å². The number of hydrogen-bond acceptors (Lipinski definition) is 2. The summed E-state index contributed by atoms with van der Waals surface area (Å²) in [5, 5.41) is 4.89. The van der Waals surface area contributed by atoms with Crippen molar-refractivity contribution in [2.24, 2.45) is 7.05 Å². The number of aromatic nitrogens is 2. The quantitative estimate of drug-likeness (QED) is 0.918. The monoisotopic (exact) mass is 281 g/mol. The number of rotatable bonds is 2. The minimum absolute atomic E-state index is 0. The van der Waals surface area contributed by atoms with Gasteiger partial charge in [0.1, 0.15) is 5.65 Å². The fourth-order valence-electron chi connectivity index (χ4n) is 1.60. The molecule has 0 spiro atoms. The van der Waals surface area contributed by atoms with Crippen LogP contribution < -0.4 is 5.32 Å². The molecule has 2 rings (SSSR count). The molecule has 3 nitrogen and oxygen atoms in total. The molecule has 0 bridgehead atoms. The van der Waals surface area contributed by atoms with Crippen LogP contribution in [0, 0.1) is 0 Å². The van der Waals surface area contributed by atoms with Crippen molar-refractivity contribution in [2.45, 2.75) is 6.54 Å². The van der Waals surface area contributed by atoms with Gasteiger partial charge in [0.05, 0.1) is 5.02 Å². The van der Waals surface area contributed by atoms with E-state index in [1.807, 2.05) is 20.2 Å². The number of hydrogen-bond donors (Lipinski definition) is 1. The smallest absolute Gasteiger partial charge is 0.139 e. The Hall–Kier alpha value is -0.480. The van der Waals surface area contributed by atoms with Gasteiger partial charge in [0.25, 0.3) is 0 Å². The molecule has 2 aromatic rings. The molecule has 0 fully saturated rings. The van der Waals surface area contributed by atoms with Gasteiger partial charge in [-0.25, -0.2) is 4.98 Å². The number of pyridine rings is 1. The van der Waals surface area contributed by atoms with Gasteiger partial charge in [0, 0.05) is 30.9 Å². The molecule has 2 aromatic heterocycles. The summed E-state index contributed by atoms with van der Waals surface area (Å²) in [5.74, 6) is 0. The normalized spacial score (nSPS) is 9.69. The van der Waals surface area contributed by atoms with E-state index >= 15 is 0 Å². The van der Waals surface area contributed by atoms with E-state index in [0.717, 1.165) is 17.6 Å². The first kappa shape index (κ1) is 15.5. The molecule has 0 atom stereocenters. The van der Waals surface area contributed by atoms with E-state index in [-0.39, 0.29) is 24.8 Å². The summed E-state index contributed by atoms with van der Waals surface area (Å²) in [7, 11) is 3.94. The van der Waals surface area contributed by atoms with Crippen LogP contribution in [0.25, 0.3) is 11.0 Å². The highest BCUT2D eigenvalue weighted by Gasteiger charge is 2.05. The van der Waals surface area contributed by atoms with Gasteiger partial charge >= 0.3 is 0 Å². The van der Waals surface area contributed by atoms with Crippen molar-refractivity contribution in [3.05, 3.63) is 29.0 Å². The highest BCUT2D eigenvalue weighted by Crippen LogP contribution is 2.19. The van der Waals surface area contributed by atoms with Crippen LogP contribution in [0.5, 0.6) is 0 Å². The summed E-state index contributed by atoms with van der Waals surface area (Å²) in [6, 6.07) is 4.04. The maximum absolute atomic E-state index is 5.87. The van der Waals surface area contributed by atoms with Crippen LogP contribution in [0.1, 0.15) is 5.69 Å². The zero-order valence-electron chi connectivity index (χ0n) is 9.03. The van der Waals surface area contributed by atoms with Gasteiger partial charge in [-0.15, -0.1) is 24.8 Å². The lowest BCUT2D eigenvalue weighted by Crippen LogP contribution is -2.08. The van der Waals surface area contributed by atoms with Crippen LogP contribution in [0.4, 0.5) is 0 Å². The third-order valence-electron chi connectivity index (χ3n) is 2.29. The summed E-state index contributed by atoms with van der Waals surface area (Å²) in [4.78, 5) is 4.29. The number of halogens is 3. The van der Waals surface area contributed by atoms with Crippen LogP contribution in [-0.2, 0) is 13.6 Å². The van der Waals surface area contributed by atoms with Gasteiger partial charge in [-0.1, -0.05) is 11.6 Å². The summed E-state index contributed by atoms with van der Waals surface area (Å²) in [6.45, 7) is 0.838. The fourth-order valence-corrected chi connectivity index (χ4v) is 1.76. The van der Waals surface area contributed by atoms with Crippen LogP contribution >= 0.6 is 36.4 Å². The number of nitrogens with one attached hydrogen (secondary N) is 1. The third-order valence-corrected chi connectivity index (χ3v) is 2.50. The highest BCUT2D eigenvalue weighted by molar-refractivity contribution is 6.31. The van der Waals surface area contributed by atoms with Gasteiger partial charge in [-0.2, -0.15) is 0 Å². The molecule has 2 heterocycles. The number of fused-ring (bicyclic) bond motifs is 1. The maximum Gasteiger partial charge on any atom is 0.139 e. The van der Waals surface area contributed by atoms with E-state index in [0.29, 0.717) is 5.02 Å². The minimum atomic E-state index is 0. The Balaban J connectivity index is 0.00000112. The van der Waals surface area contributed by atoms with Crippen molar-refractivity contribution in [1.29, 1.82) is 0 Å². The molecule has 1 N–H and O–H groups in total. The van der Waals surface area contributed by atoms with E-state index in [1.54, 1.807) is 6.20 Å². The van der Waals surface area contributed by atoms with Crippen LogP contribution in [0.15, 0.2) is 18.3 Å². The minimum Gasteiger partial charge on any atom is -0.331 e. The molecule has 0 aliphatic heterocycles. The molecular weight excluding hydrogens is 268 g/mol. The molecule has 0 amide bonds. The first-order valence-electron chi connectivity index (χ1n) is 4.47. The average molecular weight is 283 g/mol. The zero-order chi connectivity index (χ0) is 10.1. The summed E-state index contributed by atoms with van der Waals surface area (Å²) >= 11 is 5.87. The Bertz CT molecular complexity index is 468. The van der Waals surface area contributed by atoms with Crippen LogP contribution in [0.2, 0.25) is 5.02 Å². The lowest BCUT2D eigenvalue weighted by molar-refractivity contribution is 0.742. The zero-order valence-corrected chi connectivity index (χ0v) is 11.4. The molecule has 0 aliphatic rings. The third kappa shape index (κ3) is 2.80. The summed E-state index contributed by atoms with van der Waals surface area (Å²) < 4.78 is 2.07. The average Bonchev–Trinajstić information content (AvgIpc) is 2.44. The second-order valence-corrected chi connectivity index (χ2v) is 3.73. The first-order valence-corrected chi connectivity index (χ1v) is 4.84. The second-order valence-electron chi connectivity index (χ2n) is 3.29. The van der Waals surface area contributed by atoms with Gasteiger partial charge in [0.2, 0.25) is 0 Å². The molecule has 90 valence electrons. The SMILES string of the molecule is CNCc1cc2cc(Cl)cnc2n1C.Cl.Cl. The standard InChI is InChI=1S/C10H12ClN3.2ClH/c1-12-6-9-4-7-3-8(11)5-13-10(7)14(9)2;;/h3-5,12H,6H2,1-2H3;2*1H. The van der Waals surface area contributed by atoms with Crippen molar-refractivity contribution >= 4 is 47.4 Å². The maximum atomic E-state index is 5.87. The van der Waals surface area contributed by atoms with Crippen LogP contribution in [0.3, 0.4) is 0 Å². The van der Waals surface area contributed by atoms with Crippen molar-refractivity contribution < 1.29 is 0 Å². The predicted octanol–water partition coefficient (Wildman–Crippen LogP) is 2.79. The molecule has 6 heteroatoms. The van der Waals surface area contributed by atoms with Gasteiger partial charge < -0.3 is 9.88 Å². The molecule has 0 saturated heterocycles. The molecule has 0 aromatic carbocycles. The Morgan fingerprint density at radius 2 is 2.06 bits per heavy atom. The molecule has 0 saturated carbocycles. The van der Waals surface area contributed by atoms with Crippen LogP contribution in [-0.4, -0.2) is 16.6 Å². The first-order chi connectivity index (χ1) is 6.72. The molecule has 0 aliphatic carbocycles. The van der Waals surface area contributed by atoms with Crippen molar-refractivity contribution in [3.8, 4) is 0 Å². The Kier molecular flexibility index (Phi) is 6.11. The summed E-state index contributed by atoms with van der Waals surface area (Å²) in [6.07, 6.45) is 1.67. The Morgan fingerprint density at radius 3 is 2.69 bits per heavy atom. The fraction of sp³-hybridized carbons (Fsp3) is 0.300. The van der Waals surface area contributed by atoms with Gasteiger partial charge in [-0.3, -0.25) is 0 Å². The van der Waals surface area contributed by atoms with E-state index < -0.39 is 0 Å². The van der Waals surface area contributed by atoms with E-state index in [4.69, 9.17) is 11.6 Å². The molecule has 16 heavy (non-hydrogen) atoms. The second kappa shape index (κ2) is 6.30. The molecule has 0 radical (unpaired) electrons. The Labute approximate surface area is 112 Å². The summed E-state index contributed by atoms with van der Waals surface area (Å²) in [5.41, 5.74) is 2.18. The molecular formula is C10H14Cl3N3. The number of nitrogens with zero attached hydrogens (tertiary/aromatic N) is 2. The van der Waals surface area contributed by atoms with Crippen molar-refractivity contribution in [2.75, 3.05) is 7.05 Å². The van der Waals surface area contributed by atoms with E-state index in [1.165, 1.54) is 5.69 Å². The van der Waals surface area contributed by atoms with Gasteiger partial charge in [-0.05, 0) is 19.2 Å². The lowest BCUT2D eigenvalue weighted by Gasteiger charge is -2.01. The lowest BCUT2D eigenvalue weighted by atomic mass is 10.3. The van der Waals surface area contributed by atoms with E-state index in [9.17, 15) is 0 Å². The van der Waals surface area contributed by atoms with Gasteiger partial charge in [0.15, 0.2) is 0 Å². The van der Waals surface area contributed by atoms with Crippen molar-refractivity contribution in [1.82, 2.24) is 14.9 Å². The largest absolute Gasteiger partial charge is 0.331 e. The van der Waals surface area contributed by atoms with Crippen molar-refractivity contribution in [3.63, 3.8) is 0 Å². The number of aryl methyl sites for hydroxylation is 1. The highest BCUT2D eigenvalue weighted by atomic mass is 35.5. The predicted molar refractivity (Wildman–Crippen MR) is 73.0 cm³/mol. The Morgan fingerprint density at radius 1 is 1.38 bits per heavy atom. The van der Waals surface area contributed by atoms with E-state index in [2.05, 4.69) is 20.9 Å². The molecule has 0 unspecified atom stereocenters.